The van der Waals surface area contributed by atoms with Crippen molar-refractivity contribution >= 4 is 8.58 Å². The van der Waals surface area contributed by atoms with Crippen LogP contribution in [0.5, 0.6) is 0 Å². The van der Waals surface area contributed by atoms with Crippen LogP contribution in [0.1, 0.15) is 0 Å². The molecule has 1 unspecified atom stereocenters. The molecule has 0 aliphatic heterocycles. The second-order valence-electron chi connectivity index (χ2n) is 3.83. The molecule has 5 heteroatoms. The summed E-state index contributed by atoms with van der Waals surface area (Å²) in [5.41, 5.74) is 1.62. The summed E-state index contributed by atoms with van der Waals surface area (Å²) in [6.07, 6.45) is 4.53. The fraction of sp³-hybridized carbons (Fsp3) is 0.188. The summed E-state index contributed by atoms with van der Waals surface area (Å²) in [7, 11) is 1.03. The van der Waals surface area contributed by atoms with Gasteiger partial charge >= 0.3 is 0 Å². The fourth-order valence-electron chi connectivity index (χ4n) is 1.35. The van der Waals surface area contributed by atoms with Gasteiger partial charge in [-0.15, -0.1) is 51.5 Å². The average molecular weight is 481 g/mol. The van der Waals surface area contributed by atoms with Crippen LogP contribution in [0.4, 0.5) is 4.39 Å². The first-order valence-corrected chi connectivity index (χ1v) is 7.99. The largest absolute Gasteiger partial charge is 0.691 e. The van der Waals surface area contributed by atoms with Crippen LogP contribution in [0.15, 0.2) is 55.4 Å². The molecule has 115 valence electrons. The number of aromatic nitrogens is 1. The van der Waals surface area contributed by atoms with E-state index in [1.165, 1.54) is 18.3 Å². The SMILES string of the molecule is C=C[N-]CCPC.Fc1c[c-]c(-c2ccccn2)cc1.[Ir]. The van der Waals surface area contributed by atoms with E-state index in [1.807, 2.05) is 18.2 Å². The minimum Gasteiger partial charge on any atom is -0.691 e. The van der Waals surface area contributed by atoms with Gasteiger partial charge in [0.1, 0.15) is 0 Å². The Kier molecular flexibility index (Phi) is 12.0. The fourth-order valence-corrected chi connectivity index (χ4v) is 1.71. The molecule has 0 bridgehead atoms. The summed E-state index contributed by atoms with van der Waals surface area (Å²) in [5, 5.41) is 3.93. The van der Waals surface area contributed by atoms with Gasteiger partial charge in [0.2, 0.25) is 0 Å². The van der Waals surface area contributed by atoms with Crippen molar-refractivity contribution in [2.75, 3.05) is 19.4 Å². The first-order valence-electron chi connectivity index (χ1n) is 6.28. The molecule has 0 saturated heterocycles. The molecule has 0 amide bonds. The molecule has 0 fully saturated rings. The van der Waals surface area contributed by atoms with E-state index in [9.17, 15) is 4.39 Å². The van der Waals surface area contributed by atoms with Gasteiger partial charge in [0, 0.05) is 32.1 Å². The zero-order chi connectivity index (χ0) is 14.6. The number of halogens is 1. The molecule has 0 N–H and O–H groups in total. The molecule has 2 nitrogen and oxygen atoms in total. The van der Waals surface area contributed by atoms with E-state index < -0.39 is 0 Å². The smallest absolute Gasteiger partial charge is 0.0379 e. The van der Waals surface area contributed by atoms with E-state index >= 15 is 0 Å². The van der Waals surface area contributed by atoms with Crippen molar-refractivity contribution in [2.24, 2.45) is 0 Å². The molecule has 2 rings (SSSR count). The summed E-state index contributed by atoms with van der Waals surface area (Å²) < 4.78 is 12.6. The first-order chi connectivity index (χ1) is 9.77. The number of hydrogen-bond donors (Lipinski definition) is 0. The van der Waals surface area contributed by atoms with Gasteiger partial charge in [0.15, 0.2) is 0 Å². The quantitative estimate of drug-likeness (QED) is 0.352. The molecular formula is C16H18FIrN2P-2. The second-order valence-corrected chi connectivity index (χ2v) is 5.03. The van der Waals surface area contributed by atoms with Crippen LogP contribution in [0.2, 0.25) is 0 Å². The molecule has 0 aliphatic rings. The number of nitrogens with zero attached hydrogens (tertiary/aromatic N) is 2. The first kappa shape index (κ1) is 19.9. The van der Waals surface area contributed by atoms with Crippen LogP contribution in [0.3, 0.4) is 0 Å². The van der Waals surface area contributed by atoms with Crippen LogP contribution < -0.4 is 0 Å². The maximum absolute atomic E-state index is 12.6. The summed E-state index contributed by atoms with van der Waals surface area (Å²) in [4.78, 5) is 4.12. The van der Waals surface area contributed by atoms with Crippen LogP contribution in [-0.4, -0.2) is 24.4 Å². The number of hydrogen-bond acceptors (Lipinski definition) is 1. The molecule has 0 saturated carbocycles. The second kappa shape index (κ2) is 12.6. The molecule has 1 aromatic heterocycles. The molecule has 1 atom stereocenters. The molecule has 1 aromatic carbocycles. The van der Waals surface area contributed by atoms with Crippen molar-refractivity contribution in [2.45, 2.75) is 0 Å². The van der Waals surface area contributed by atoms with E-state index in [-0.39, 0.29) is 25.9 Å². The van der Waals surface area contributed by atoms with Crippen molar-refractivity contribution in [1.29, 1.82) is 0 Å². The molecule has 1 heterocycles. The summed E-state index contributed by atoms with van der Waals surface area (Å²) >= 11 is 0. The van der Waals surface area contributed by atoms with Gasteiger partial charge in [-0.05, 0) is 18.4 Å². The Morgan fingerprint density at radius 2 is 2.19 bits per heavy atom. The molecule has 0 spiro atoms. The van der Waals surface area contributed by atoms with E-state index in [0.717, 1.165) is 26.4 Å². The van der Waals surface area contributed by atoms with Crippen LogP contribution in [-0.2, 0) is 20.1 Å². The van der Waals surface area contributed by atoms with Gasteiger partial charge in [-0.25, -0.2) is 0 Å². The van der Waals surface area contributed by atoms with Gasteiger partial charge < -0.3 is 10.3 Å². The molecule has 0 aliphatic carbocycles. The average Bonchev–Trinajstić information content (AvgIpc) is 2.50. The molecule has 21 heavy (non-hydrogen) atoms. The Morgan fingerprint density at radius 3 is 2.71 bits per heavy atom. The third kappa shape index (κ3) is 8.72. The number of benzene rings is 1. The van der Waals surface area contributed by atoms with Crippen molar-refractivity contribution in [3.8, 4) is 11.3 Å². The summed E-state index contributed by atoms with van der Waals surface area (Å²) in [6.45, 7) is 6.60. The van der Waals surface area contributed by atoms with E-state index in [0.29, 0.717) is 0 Å². The third-order valence-corrected chi connectivity index (χ3v) is 3.06. The maximum Gasteiger partial charge on any atom is 0.0379 e. The molecule has 1 radical (unpaired) electrons. The topological polar surface area (TPSA) is 27.0 Å². The zero-order valence-electron chi connectivity index (χ0n) is 11.8. The minimum atomic E-state index is -0.278. The van der Waals surface area contributed by atoms with E-state index in [4.69, 9.17) is 0 Å². The van der Waals surface area contributed by atoms with Gasteiger partial charge in [0.05, 0.1) is 0 Å². The monoisotopic (exact) mass is 481 g/mol. The van der Waals surface area contributed by atoms with E-state index in [1.54, 1.807) is 18.5 Å². The Labute approximate surface area is 141 Å². The standard InChI is InChI=1S/C11H7FN.C5H11NP.Ir/c12-10-6-4-9(5-7-10)11-3-1-2-8-13-11;1-3-6-4-5-7-2;/h1-4,6-8H;3,7H,1,4-5H2,2H3;/q2*-1;. The Hall–Kier alpha value is -1.08. The van der Waals surface area contributed by atoms with Crippen LogP contribution in [0, 0.1) is 11.9 Å². The number of pyridine rings is 1. The van der Waals surface area contributed by atoms with Crippen molar-refractivity contribution in [1.82, 2.24) is 4.98 Å². The number of rotatable bonds is 5. The molecular weight excluding hydrogens is 462 g/mol. The predicted octanol–water partition coefficient (Wildman–Crippen LogP) is 4.50. The predicted molar refractivity (Wildman–Crippen MR) is 86.0 cm³/mol. The maximum atomic E-state index is 12.6. The van der Waals surface area contributed by atoms with Gasteiger partial charge in [0.25, 0.3) is 0 Å². The Balaban J connectivity index is 0.000000436. The van der Waals surface area contributed by atoms with Crippen molar-refractivity contribution < 1.29 is 24.5 Å². The van der Waals surface area contributed by atoms with Crippen molar-refractivity contribution in [3.05, 3.63) is 72.6 Å². The van der Waals surface area contributed by atoms with Gasteiger partial charge in [-0.2, -0.15) is 6.20 Å². The Bertz CT molecular complexity index is 491. The van der Waals surface area contributed by atoms with Gasteiger partial charge in [-0.3, -0.25) is 4.39 Å². The van der Waals surface area contributed by atoms with Crippen LogP contribution >= 0.6 is 8.58 Å². The summed E-state index contributed by atoms with van der Waals surface area (Å²) in [6, 6.07) is 12.8. The minimum absolute atomic E-state index is 0. The normalized spacial score (nSPS) is 9.43. The zero-order valence-corrected chi connectivity index (χ0v) is 15.2. The van der Waals surface area contributed by atoms with Gasteiger partial charge in [-0.1, -0.05) is 18.3 Å². The molecule has 2 aromatic rings. The third-order valence-electron chi connectivity index (χ3n) is 2.34. The van der Waals surface area contributed by atoms with E-state index in [2.05, 4.69) is 29.6 Å². The summed E-state index contributed by atoms with van der Waals surface area (Å²) in [5.74, 6) is -0.278. The van der Waals surface area contributed by atoms with Crippen LogP contribution in [0.25, 0.3) is 16.6 Å². The van der Waals surface area contributed by atoms with Crippen molar-refractivity contribution in [3.63, 3.8) is 0 Å². The Morgan fingerprint density at radius 1 is 1.38 bits per heavy atom.